The van der Waals surface area contributed by atoms with Gasteiger partial charge in [-0.15, -0.1) is 0 Å². The van der Waals surface area contributed by atoms with Crippen molar-refractivity contribution in [3.63, 3.8) is 0 Å². The van der Waals surface area contributed by atoms with Crippen LogP contribution in [0.3, 0.4) is 0 Å². The van der Waals surface area contributed by atoms with Crippen LogP contribution in [0.4, 0.5) is 20.2 Å². The van der Waals surface area contributed by atoms with Crippen LogP contribution in [-0.4, -0.2) is 11.1 Å². The summed E-state index contributed by atoms with van der Waals surface area (Å²) in [5, 5.41) is 7.33. The van der Waals surface area contributed by atoms with E-state index < -0.39 is 0 Å². The number of halogens is 2. The number of rotatable bonds is 0. The van der Waals surface area contributed by atoms with Crippen LogP contribution in [0.2, 0.25) is 0 Å². The molecule has 4 heteroatoms. The number of fused-ring (bicyclic) bond motifs is 10. The molecule has 2 N–H and O–H groups in total. The summed E-state index contributed by atoms with van der Waals surface area (Å²) in [7, 11) is 0. The van der Waals surface area contributed by atoms with E-state index in [2.05, 4.69) is 24.5 Å². The van der Waals surface area contributed by atoms with E-state index in [-0.39, 0.29) is 34.5 Å². The van der Waals surface area contributed by atoms with Crippen molar-refractivity contribution in [2.24, 2.45) is 0 Å². The molecule has 4 bridgehead atoms. The first-order chi connectivity index (χ1) is 11.4. The molecule has 2 aromatic carbocycles. The lowest BCUT2D eigenvalue weighted by Crippen LogP contribution is -2.67. The van der Waals surface area contributed by atoms with Crippen molar-refractivity contribution >= 4 is 11.4 Å². The topological polar surface area (TPSA) is 24.1 Å². The summed E-state index contributed by atoms with van der Waals surface area (Å²) in [6, 6.07) is 10.00. The van der Waals surface area contributed by atoms with Gasteiger partial charge in [0, 0.05) is 11.4 Å². The molecule has 0 amide bonds. The average Bonchev–Trinajstić information content (AvgIpc) is 2.53. The van der Waals surface area contributed by atoms with Crippen molar-refractivity contribution in [1.29, 1.82) is 0 Å². The Hall–Kier alpha value is -2.10. The predicted molar refractivity (Wildman–Crippen MR) is 91.6 cm³/mol. The molecule has 0 radical (unpaired) electrons. The van der Waals surface area contributed by atoms with Gasteiger partial charge in [0.1, 0.15) is 11.6 Å². The first-order valence-corrected chi connectivity index (χ1v) is 8.54. The maximum atomic E-state index is 13.9. The maximum Gasteiger partial charge on any atom is 0.123 e. The number of nitrogens with one attached hydrogen (secondary N) is 2. The predicted octanol–water partition coefficient (Wildman–Crippen LogP) is 4.99. The smallest absolute Gasteiger partial charge is 0.123 e. The van der Waals surface area contributed by atoms with Gasteiger partial charge in [-0.1, -0.05) is 0 Å². The highest BCUT2D eigenvalue weighted by Gasteiger charge is 2.58. The van der Waals surface area contributed by atoms with E-state index in [1.807, 2.05) is 12.1 Å². The third-order valence-electron chi connectivity index (χ3n) is 6.61. The zero-order valence-corrected chi connectivity index (χ0v) is 13.8. The summed E-state index contributed by atoms with van der Waals surface area (Å²) in [5.41, 5.74) is 3.80. The van der Waals surface area contributed by atoms with E-state index in [4.69, 9.17) is 0 Å². The van der Waals surface area contributed by atoms with Crippen LogP contribution in [-0.2, 0) is 0 Å². The van der Waals surface area contributed by atoms with Crippen molar-refractivity contribution in [3.05, 3.63) is 59.2 Å². The van der Waals surface area contributed by atoms with Crippen molar-refractivity contribution in [2.75, 3.05) is 10.6 Å². The highest BCUT2D eigenvalue weighted by Crippen LogP contribution is 2.61. The van der Waals surface area contributed by atoms with Crippen molar-refractivity contribution < 1.29 is 8.78 Å². The van der Waals surface area contributed by atoms with E-state index in [1.54, 1.807) is 12.1 Å². The van der Waals surface area contributed by atoms with Gasteiger partial charge in [-0.05, 0) is 86.1 Å². The van der Waals surface area contributed by atoms with Crippen molar-refractivity contribution in [1.82, 2.24) is 0 Å². The first kappa shape index (κ1) is 14.3. The molecular formula is C20H20F2N2. The molecule has 5 rings (SSSR count). The monoisotopic (exact) mass is 326 g/mol. The summed E-state index contributed by atoms with van der Waals surface area (Å²) in [6.07, 6.45) is 1.82. The summed E-state index contributed by atoms with van der Waals surface area (Å²) in [5.74, 6) is -0.00266. The van der Waals surface area contributed by atoms with Gasteiger partial charge in [0.2, 0.25) is 0 Å². The van der Waals surface area contributed by atoms with Gasteiger partial charge < -0.3 is 10.6 Å². The van der Waals surface area contributed by atoms with Crippen molar-refractivity contribution in [3.8, 4) is 0 Å². The summed E-state index contributed by atoms with van der Waals surface area (Å²) in [4.78, 5) is 0. The summed E-state index contributed by atoms with van der Waals surface area (Å²) in [6.45, 7) is 4.48. The third kappa shape index (κ3) is 1.69. The van der Waals surface area contributed by atoms with Crippen molar-refractivity contribution in [2.45, 2.75) is 49.6 Å². The Morgan fingerprint density at radius 1 is 0.792 bits per heavy atom. The zero-order chi connectivity index (χ0) is 16.7. The van der Waals surface area contributed by atoms with Crippen LogP contribution in [0.25, 0.3) is 0 Å². The Balaban J connectivity index is 1.76. The van der Waals surface area contributed by atoms with Gasteiger partial charge >= 0.3 is 0 Å². The summed E-state index contributed by atoms with van der Waals surface area (Å²) >= 11 is 0. The van der Waals surface area contributed by atoms with Gasteiger partial charge in [0.25, 0.3) is 0 Å². The van der Waals surface area contributed by atoms with E-state index in [1.165, 1.54) is 12.1 Å². The fourth-order valence-corrected chi connectivity index (χ4v) is 5.15. The molecule has 2 aromatic rings. The van der Waals surface area contributed by atoms with E-state index >= 15 is 0 Å². The molecule has 4 atom stereocenters. The Labute approximate surface area is 140 Å². The molecule has 0 unspecified atom stereocenters. The second-order valence-electron chi connectivity index (χ2n) is 8.00. The average molecular weight is 326 g/mol. The fourth-order valence-electron chi connectivity index (χ4n) is 5.15. The largest absolute Gasteiger partial charge is 0.377 e. The van der Waals surface area contributed by atoms with Crippen LogP contribution in [0.15, 0.2) is 36.4 Å². The molecule has 2 aliphatic heterocycles. The minimum atomic E-state index is -0.208. The molecule has 1 saturated carbocycles. The quantitative estimate of drug-likeness (QED) is 0.712. The Kier molecular flexibility index (Phi) is 2.55. The van der Waals surface area contributed by atoms with E-state index in [0.717, 1.165) is 35.3 Å². The Morgan fingerprint density at radius 3 is 1.62 bits per heavy atom. The molecule has 0 spiro atoms. The number of hydrogen-bond donors (Lipinski definition) is 2. The third-order valence-corrected chi connectivity index (χ3v) is 6.61. The molecule has 2 nitrogen and oxygen atoms in total. The lowest BCUT2D eigenvalue weighted by molar-refractivity contribution is 0.164. The maximum absolute atomic E-state index is 13.9. The van der Waals surface area contributed by atoms with Crippen LogP contribution in [0, 0.1) is 11.6 Å². The lowest BCUT2D eigenvalue weighted by Gasteiger charge is -2.61. The highest BCUT2D eigenvalue weighted by molar-refractivity contribution is 5.67. The molecule has 24 heavy (non-hydrogen) atoms. The zero-order valence-electron chi connectivity index (χ0n) is 13.8. The SMILES string of the molecule is C[C@]12C[C@H](c3cc(F)ccc3N1)[C@@H]1C[C@@]2(C)Nc2ccc(F)cc21. The van der Waals surface area contributed by atoms with Gasteiger partial charge in [-0.25, -0.2) is 8.78 Å². The van der Waals surface area contributed by atoms with Gasteiger partial charge in [-0.2, -0.15) is 0 Å². The molecule has 0 aromatic heterocycles. The standard InChI is InChI=1S/C20H20F2N2/c1-19-9-15(13-7-11(21)3-5-17(13)23-19)16-10-20(19,2)24-18-6-4-12(22)8-14(16)18/h3-8,15-16,23-24H,9-10H2,1-2H3/t15-,16-,19-,20-/m1/s1. The molecule has 3 aliphatic rings. The first-order valence-electron chi connectivity index (χ1n) is 8.54. The molecule has 1 aliphatic carbocycles. The second-order valence-corrected chi connectivity index (χ2v) is 8.00. The number of anilines is 2. The molecule has 124 valence electrons. The van der Waals surface area contributed by atoms with E-state index in [0.29, 0.717) is 0 Å². The Morgan fingerprint density at radius 2 is 1.21 bits per heavy atom. The van der Waals surface area contributed by atoms with Crippen LogP contribution < -0.4 is 10.6 Å². The normalized spacial score (nSPS) is 35.3. The second kappa shape index (κ2) is 4.29. The summed E-state index contributed by atoms with van der Waals surface area (Å²) < 4.78 is 27.7. The van der Waals surface area contributed by atoms with Gasteiger partial charge in [-0.3, -0.25) is 0 Å². The molecule has 2 heterocycles. The lowest BCUT2D eigenvalue weighted by atomic mass is 9.54. The molecular weight excluding hydrogens is 306 g/mol. The number of benzene rings is 2. The molecule has 0 saturated heterocycles. The Bertz CT molecular complexity index is 793. The van der Waals surface area contributed by atoms with Crippen LogP contribution >= 0.6 is 0 Å². The highest BCUT2D eigenvalue weighted by atomic mass is 19.1. The van der Waals surface area contributed by atoms with Gasteiger partial charge in [0.05, 0.1) is 11.1 Å². The minimum absolute atomic E-state index is 0.134. The van der Waals surface area contributed by atoms with E-state index in [9.17, 15) is 8.78 Å². The van der Waals surface area contributed by atoms with Crippen LogP contribution in [0.5, 0.6) is 0 Å². The minimum Gasteiger partial charge on any atom is -0.377 e. The van der Waals surface area contributed by atoms with Gasteiger partial charge in [0.15, 0.2) is 0 Å². The fraction of sp³-hybridized carbons (Fsp3) is 0.400. The molecule has 1 fully saturated rings. The number of hydrogen-bond acceptors (Lipinski definition) is 2. The van der Waals surface area contributed by atoms with Crippen LogP contribution in [0.1, 0.15) is 49.7 Å².